The summed E-state index contributed by atoms with van der Waals surface area (Å²) in [5.41, 5.74) is 1.93. The smallest absolute Gasteiger partial charge is 0.100 e. The van der Waals surface area contributed by atoms with Crippen LogP contribution in [0.4, 0.5) is 0 Å². The molecular weight excluding hydrogens is 294 g/mol. The summed E-state index contributed by atoms with van der Waals surface area (Å²) in [6, 6.07) is 16.2. The van der Waals surface area contributed by atoms with E-state index in [1.54, 1.807) is 11.8 Å². The van der Waals surface area contributed by atoms with Gasteiger partial charge >= 0.3 is 0 Å². The fourth-order valence-corrected chi connectivity index (χ4v) is 3.05. The van der Waals surface area contributed by atoms with Crippen LogP contribution in [0.15, 0.2) is 56.7 Å². The summed E-state index contributed by atoms with van der Waals surface area (Å²) < 4.78 is 0.992. The molecule has 0 heterocycles. The lowest BCUT2D eigenvalue weighted by molar-refractivity contribution is 1.32. The van der Waals surface area contributed by atoms with Gasteiger partial charge in [-0.2, -0.15) is 5.26 Å². The van der Waals surface area contributed by atoms with Crippen LogP contribution in [0, 0.1) is 18.3 Å². The molecule has 0 radical (unpaired) electrons. The zero-order chi connectivity index (χ0) is 12.3. The van der Waals surface area contributed by atoms with Crippen molar-refractivity contribution in [2.24, 2.45) is 0 Å². The number of rotatable bonds is 2. The highest BCUT2D eigenvalue weighted by molar-refractivity contribution is 9.10. The molecular formula is C14H10BrNS. The van der Waals surface area contributed by atoms with Gasteiger partial charge in [0.2, 0.25) is 0 Å². The van der Waals surface area contributed by atoms with Crippen LogP contribution in [-0.2, 0) is 0 Å². The van der Waals surface area contributed by atoms with E-state index < -0.39 is 0 Å². The third-order valence-corrected chi connectivity index (χ3v) is 3.82. The molecule has 0 aliphatic rings. The van der Waals surface area contributed by atoms with Gasteiger partial charge in [0.05, 0.1) is 5.56 Å². The first-order chi connectivity index (χ1) is 8.19. The van der Waals surface area contributed by atoms with E-state index in [2.05, 4.69) is 47.1 Å². The van der Waals surface area contributed by atoms with Crippen LogP contribution in [0.3, 0.4) is 0 Å². The average Bonchev–Trinajstić information content (AvgIpc) is 2.29. The molecule has 0 unspecified atom stereocenters. The van der Waals surface area contributed by atoms with Gasteiger partial charge < -0.3 is 0 Å². The van der Waals surface area contributed by atoms with Crippen molar-refractivity contribution < 1.29 is 0 Å². The Bertz CT molecular complexity index is 587. The third kappa shape index (κ3) is 3.12. The molecule has 3 heteroatoms. The fourth-order valence-electron chi connectivity index (χ4n) is 1.48. The molecule has 0 saturated heterocycles. The Labute approximate surface area is 114 Å². The molecule has 84 valence electrons. The quantitative estimate of drug-likeness (QED) is 0.797. The average molecular weight is 304 g/mol. The second-order valence-electron chi connectivity index (χ2n) is 3.67. The highest BCUT2D eigenvalue weighted by Gasteiger charge is 2.05. The summed E-state index contributed by atoms with van der Waals surface area (Å²) in [5, 5.41) is 9.06. The van der Waals surface area contributed by atoms with Crippen LogP contribution in [0.5, 0.6) is 0 Å². The predicted molar refractivity (Wildman–Crippen MR) is 74.2 cm³/mol. The minimum atomic E-state index is 0.708. The fraction of sp³-hybridized carbons (Fsp3) is 0.0714. The number of hydrogen-bond acceptors (Lipinski definition) is 2. The Balaban J connectivity index is 2.36. The topological polar surface area (TPSA) is 23.8 Å². The standard InChI is InChI=1S/C14H10BrNS/c1-10-3-2-4-13(7-10)17-14-8-12(15)6-5-11(14)9-16/h2-8H,1H3. The van der Waals surface area contributed by atoms with Crippen molar-refractivity contribution in [2.45, 2.75) is 16.7 Å². The summed E-state index contributed by atoms with van der Waals surface area (Å²) in [5.74, 6) is 0. The van der Waals surface area contributed by atoms with Gasteiger partial charge in [0, 0.05) is 14.3 Å². The molecule has 0 amide bonds. The maximum atomic E-state index is 9.06. The molecule has 0 fully saturated rings. The number of aryl methyl sites for hydroxylation is 1. The number of benzene rings is 2. The van der Waals surface area contributed by atoms with Crippen molar-refractivity contribution in [1.82, 2.24) is 0 Å². The second-order valence-corrected chi connectivity index (χ2v) is 5.70. The van der Waals surface area contributed by atoms with E-state index in [-0.39, 0.29) is 0 Å². The number of halogens is 1. The zero-order valence-corrected chi connectivity index (χ0v) is 11.7. The first-order valence-corrected chi connectivity index (χ1v) is 6.74. The minimum absolute atomic E-state index is 0.708. The third-order valence-electron chi connectivity index (χ3n) is 2.28. The van der Waals surface area contributed by atoms with E-state index in [9.17, 15) is 0 Å². The molecule has 0 N–H and O–H groups in total. The normalized spacial score (nSPS) is 9.94. The van der Waals surface area contributed by atoms with Gasteiger partial charge in [0.1, 0.15) is 6.07 Å². The van der Waals surface area contributed by atoms with Gasteiger partial charge in [-0.3, -0.25) is 0 Å². The predicted octanol–water partition coefficient (Wildman–Crippen LogP) is 4.78. The molecule has 2 aromatic rings. The maximum Gasteiger partial charge on any atom is 0.100 e. The molecule has 2 aromatic carbocycles. The zero-order valence-electron chi connectivity index (χ0n) is 9.27. The van der Waals surface area contributed by atoms with Crippen LogP contribution in [0.25, 0.3) is 0 Å². The molecule has 0 bridgehead atoms. The van der Waals surface area contributed by atoms with Gasteiger partial charge in [-0.15, -0.1) is 0 Å². The Morgan fingerprint density at radius 3 is 2.71 bits per heavy atom. The van der Waals surface area contributed by atoms with E-state index in [1.165, 1.54) is 5.56 Å². The van der Waals surface area contributed by atoms with E-state index in [1.807, 2.05) is 24.3 Å². The first kappa shape index (κ1) is 12.2. The maximum absolute atomic E-state index is 9.06. The van der Waals surface area contributed by atoms with Crippen LogP contribution in [-0.4, -0.2) is 0 Å². The van der Waals surface area contributed by atoms with Crippen molar-refractivity contribution in [3.05, 3.63) is 58.1 Å². The Morgan fingerprint density at radius 2 is 2.00 bits per heavy atom. The number of nitrogens with zero attached hydrogens (tertiary/aromatic N) is 1. The van der Waals surface area contributed by atoms with Gasteiger partial charge in [-0.05, 0) is 37.3 Å². The van der Waals surface area contributed by atoms with Gasteiger partial charge in [-0.1, -0.05) is 45.4 Å². The first-order valence-electron chi connectivity index (χ1n) is 5.13. The second kappa shape index (κ2) is 5.39. The SMILES string of the molecule is Cc1cccc(Sc2cc(Br)ccc2C#N)c1. The van der Waals surface area contributed by atoms with Crippen molar-refractivity contribution in [3.8, 4) is 6.07 Å². The molecule has 0 aliphatic carbocycles. The van der Waals surface area contributed by atoms with Crippen LogP contribution in [0.2, 0.25) is 0 Å². The van der Waals surface area contributed by atoms with Gasteiger partial charge in [0.25, 0.3) is 0 Å². The van der Waals surface area contributed by atoms with E-state index in [4.69, 9.17) is 5.26 Å². The van der Waals surface area contributed by atoms with Crippen molar-refractivity contribution in [3.63, 3.8) is 0 Å². The van der Waals surface area contributed by atoms with E-state index >= 15 is 0 Å². The van der Waals surface area contributed by atoms with E-state index in [0.29, 0.717) is 5.56 Å². The summed E-state index contributed by atoms with van der Waals surface area (Å²) in [7, 11) is 0. The molecule has 17 heavy (non-hydrogen) atoms. The van der Waals surface area contributed by atoms with Crippen molar-refractivity contribution in [2.75, 3.05) is 0 Å². The Hall–Kier alpha value is -1.24. The number of nitriles is 1. The van der Waals surface area contributed by atoms with E-state index in [0.717, 1.165) is 14.3 Å². The number of hydrogen-bond donors (Lipinski definition) is 0. The summed E-state index contributed by atoms with van der Waals surface area (Å²) in [4.78, 5) is 2.13. The summed E-state index contributed by atoms with van der Waals surface area (Å²) in [6.07, 6.45) is 0. The van der Waals surface area contributed by atoms with Crippen LogP contribution < -0.4 is 0 Å². The molecule has 0 spiro atoms. The van der Waals surface area contributed by atoms with Crippen molar-refractivity contribution in [1.29, 1.82) is 5.26 Å². The molecule has 2 rings (SSSR count). The van der Waals surface area contributed by atoms with Crippen LogP contribution >= 0.6 is 27.7 Å². The summed E-state index contributed by atoms with van der Waals surface area (Å²) in [6.45, 7) is 2.07. The van der Waals surface area contributed by atoms with Gasteiger partial charge in [-0.25, -0.2) is 0 Å². The molecule has 0 aromatic heterocycles. The summed E-state index contributed by atoms with van der Waals surface area (Å²) >= 11 is 5.05. The van der Waals surface area contributed by atoms with Crippen molar-refractivity contribution >= 4 is 27.7 Å². The highest BCUT2D eigenvalue weighted by Crippen LogP contribution is 2.32. The largest absolute Gasteiger partial charge is 0.192 e. The Kier molecular flexibility index (Phi) is 3.88. The minimum Gasteiger partial charge on any atom is -0.192 e. The highest BCUT2D eigenvalue weighted by atomic mass is 79.9. The monoisotopic (exact) mass is 303 g/mol. The van der Waals surface area contributed by atoms with Gasteiger partial charge in [0.15, 0.2) is 0 Å². The Morgan fingerprint density at radius 1 is 1.18 bits per heavy atom. The lowest BCUT2D eigenvalue weighted by Gasteiger charge is -2.05. The lowest BCUT2D eigenvalue weighted by Crippen LogP contribution is -1.82. The molecule has 1 nitrogen and oxygen atoms in total. The molecule has 0 atom stereocenters. The van der Waals surface area contributed by atoms with Crippen LogP contribution in [0.1, 0.15) is 11.1 Å². The molecule has 0 saturated carbocycles. The lowest BCUT2D eigenvalue weighted by atomic mass is 10.2. The molecule has 0 aliphatic heterocycles.